The summed E-state index contributed by atoms with van der Waals surface area (Å²) < 4.78 is 5.90. The number of ether oxygens (including phenoxy) is 1. The Balaban J connectivity index is 1.75. The lowest BCUT2D eigenvalue weighted by Gasteiger charge is -2.35. The summed E-state index contributed by atoms with van der Waals surface area (Å²) in [5.74, 6) is 0.482. The van der Waals surface area contributed by atoms with E-state index >= 15 is 0 Å². The summed E-state index contributed by atoms with van der Waals surface area (Å²) in [5, 5.41) is 31.7. The monoisotopic (exact) mass is 386 g/mol. The van der Waals surface area contributed by atoms with Crippen LogP contribution >= 0.6 is 0 Å². The average molecular weight is 386 g/mol. The van der Waals surface area contributed by atoms with Crippen LogP contribution in [0.5, 0.6) is 5.75 Å². The molecule has 1 heterocycles. The van der Waals surface area contributed by atoms with E-state index in [2.05, 4.69) is 0 Å². The topological polar surface area (TPSA) is 96.1 Å². The molecule has 0 aromatic heterocycles. The van der Waals surface area contributed by atoms with Crippen molar-refractivity contribution in [2.45, 2.75) is 31.5 Å². The van der Waals surface area contributed by atoms with Crippen LogP contribution in [0.25, 0.3) is 11.1 Å². The molecule has 1 aliphatic heterocycles. The fourth-order valence-electron chi connectivity index (χ4n) is 3.54. The molecule has 0 bridgehead atoms. The fraction of sp³-hybridized carbons (Fsp3) is 0.429. The van der Waals surface area contributed by atoms with E-state index in [0.717, 1.165) is 24.9 Å². The lowest BCUT2D eigenvalue weighted by atomic mass is 10.0. The molecule has 2 N–H and O–H groups in total. The van der Waals surface area contributed by atoms with Crippen LogP contribution in [-0.4, -0.2) is 58.0 Å². The van der Waals surface area contributed by atoms with Gasteiger partial charge in [-0.15, -0.1) is 0 Å². The summed E-state index contributed by atoms with van der Waals surface area (Å²) in [7, 11) is 0. The molecule has 28 heavy (non-hydrogen) atoms. The van der Waals surface area contributed by atoms with Crippen LogP contribution in [0.15, 0.2) is 48.5 Å². The van der Waals surface area contributed by atoms with Gasteiger partial charge in [-0.3, -0.25) is 15.0 Å². The number of aliphatic hydroxyl groups is 2. The highest BCUT2D eigenvalue weighted by atomic mass is 16.6. The fourth-order valence-corrected chi connectivity index (χ4v) is 3.54. The number of aliphatic hydroxyl groups excluding tert-OH is 1. The van der Waals surface area contributed by atoms with Gasteiger partial charge in [0, 0.05) is 30.8 Å². The van der Waals surface area contributed by atoms with E-state index in [-0.39, 0.29) is 18.4 Å². The number of hydrogen-bond acceptors (Lipinski definition) is 6. The van der Waals surface area contributed by atoms with Crippen LogP contribution in [0.2, 0.25) is 0 Å². The molecule has 0 amide bonds. The SMILES string of the molecule is CC(O)(COc1ccc([N+](=O)[O-])cc1-c1ccccc1)CN1CCCC(O)C1. The maximum Gasteiger partial charge on any atom is 0.270 e. The molecule has 0 radical (unpaired) electrons. The minimum Gasteiger partial charge on any atom is -0.490 e. The third-order valence-electron chi connectivity index (χ3n) is 4.84. The maximum absolute atomic E-state index is 11.2. The second-order valence-corrected chi connectivity index (χ2v) is 7.62. The average Bonchev–Trinajstić information content (AvgIpc) is 2.66. The summed E-state index contributed by atoms with van der Waals surface area (Å²) in [4.78, 5) is 12.8. The van der Waals surface area contributed by atoms with E-state index in [1.807, 2.05) is 35.2 Å². The highest BCUT2D eigenvalue weighted by molar-refractivity contribution is 5.72. The molecule has 1 fully saturated rings. The highest BCUT2D eigenvalue weighted by Gasteiger charge is 2.28. The van der Waals surface area contributed by atoms with Gasteiger partial charge in [-0.1, -0.05) is 30.3 Å². The van der Waals surface area contributed by atoms with Gasteiger partial charge in [0.1, 0.15) is 18.0 Å². The molecule has 1 saturated heterocycles. The van der Waals surface area contributed by atoms with E-state index < -0.39 is 10.5 Å². The molecule has 0 spiro atoms. The van der Waals surface area contributed by atoms with E-state index in [1.165, 1.54) is 12.1 Å². The normalized spacial score (nSPS) is 19.8. The Morgan fingerprint density at radius 1 is 1.29 bits per heavy atom. The predicted molar refractivity (Wildman–Crippen MR) is 106 cm³/mol. The van der Waals surface area contributed by atoms with Gasteiger partial charge in [0.15, 0.2) is 0 Å². The molecule has 2 unspecified atom stereocenters. The number of nitro benzene ring substituents is 1. The number of nitrogens with zero attached hydrogens (tertiary/aromatic N) is 2. The van der Waals surface area contributed by atoms with Gasteiger partial charge >= 0.3 is 0 Å². The third-order valence-corrected chi connectivity index (χ3v) is 4.84. The number of nitro groups is 1. The van der Waals surface area contributed by atoms with Crippen molar-refractivity contribution in [3.05, 3.63) is 58.6 Å². The van der Waals surface area contributed by atoms with Crippen molar-refractivity contribution < 1.29 is 19.9 Å². The van der Waals surface area contributed by atoms with Crippen LogP contribution in [0.1, 0.15) is 19.8 Å². The first kappa shape index (κ1) is 20.3. The summed E-state index contributed by atoms with van der Waals surface area (Å²) in [6.45, 7) is 3.50. The molecule has 0 saturated carbocycles. The Morgan fingerprint density at radius 3 is 2.71 bits per heavy atom. The second kappa shape index (κ2) is 8.68. The predicted octanol–water partition coefficient (Wildman–Crippen LogP) is 2.85. The number of likely N-dealkylation sites (tertiary alicyclic amines) is 1. The van der Waals surface area contributed by atoms with Gasteiger partial charge < -0.3 is 14.9 Å². The molecular formula is C21H26N2O5. The van der Waals surface area contributed by atoms with Crippen LogP contribution in [-0.2, 0) is 0 Å². The van der Waals surface area contributed by atoms with Crippen LogP contribution in [0.4, 0.5) is 5.69 Å². The quantitative estimate of drug-likeness (QED) is 0.561. The van der Waals surface area contributed by atoms with Crippen molar-refractivity contribution in [1.82, 2.24) is 4.90 Å². The summed E-state index contributed by atoms with van der Waals surface area (Å²) in [6.07, 6.45) is 1.33. The van der Waals surface area contributed by atoms with Crippen molar-refractivity contribution in [2.75, 3.05) is 26.2 Å². The first-order valence-electron chi connectivity index (χ1n) is 9.43. The van der Waals surface area contributed by atoms with Crippen molar-refractivity contribution in [1.29, 1.82) is 0 Å². The zero-order chi connectivity index (χ0) is 20.1. The molecule has 0 aliphatic carbocycles. The number of non-ortho nitro benzene ring substituents is 1. The van der Waals surface area contributed by atoms with Crippen LogP contribution in [0.3, 0.4) is 0 Å². The number of rotatable bonds is 7. The molecule has 2 aromatic carbocycles. The van der Waals surface area contributed by atoms with E-state index in [0.29, 0.717) is 24.4 Å². The van der Waals surface area contributed by atoms with Gasteiger partial charge in [0.05, 0.1) is 11.0 Å². The Hall–Kier alpha value is -2.48. The maximum atomic E-state index is 11.2. The Morgan fingerprint density at radius 2 is 2.04 bits per heavy atom. The second-order valence-electron chi connectivity index (χ2n) is 7.62. The molecule has 7 nitrogen and oxygen atoms in total. The molecule has 1 aliphatic rings. The van der Waals surface area contributed by atoms with Gasteiger partial charge in [-0.2, -0.15) is 0 Å². The first-order valence-corrected chi connectivity index (χ1v) is 9.43. The Bertz CT molecular complexity index is 810. The number of benzene rings is 2. The number of piperidine rings is 1. The summed E-state index contributed by atoms with van der Waals surface area (Å²) in [6, 6.07) is 13.8. The lowest BCUT2D eigenvalue weighted by molar-refractivity contribution is -0.384. The minimum atomic E-state index is -1.12. The molecular weight excluding hydrogens is 360 g/mol. The van der Waals surface area contributed by atoms with E-state index in [4.69, 9.17) is 4.74 Å². The molecule has 3 rings (SSSR count). The lowest BCUT2D eigenvalue weighted by Crippen LogP contribution is -2.49. The summed E-state index contributed by atoms with van der Waals surface area (Å²) >= 11 is 0. The first-order chi connectivity index (χ1) is 13.3. The van der Waals surface area contributed by atoms with E-state index in [1.54, 1.807) is 13.0 Å². The molecule has 150 valence electrons. The van der Waals surface area contributed by atoms with Crippen molar-refractivity contribution in [2.24, 2.45) is 0 Å². The zero-order valence-corrected chi connectivity index (χ0v) is 16.0. The number of β-amino-alcohol motifs (C(OH)–C–C–N with tert-alkyl or cyclic N) is 2. The molecule has 2 atom stereocenters. The Labute approximate surface area is 164 Å². The zero-order valence-electron chi connectivity index (χ0n) is 16.0. The smallest absolute Gasteiger partial charge is 0.270 e. The van der Waals surface area contributed by atoms with Crippen LogP contribution < -0.4 is 4.74 Å². The number of hydrogen-bond donors (Lipinski definition) is 2. The minimum absolute atomic E-state index is 0.0136. The van der Waals surface area contributed by atoms with Gasteiger partial charge in [-0.25, -0.2) is 0 Å². The van der Waals surface area contributed by atoms with Gasteiger partial charge in [-0.05, 0) is 37.9 Å². The van der Waals surface area contributed by atoms with Gasteiger partial charge in [0.25, 0.3) is 5.69 Å². The Kier molecular flexibility index (Phi) is 6.28. The van der Waals surface area contributed by atoms with Crippen molar-refractivity contribution >= 4 is 5.69 Å². The van der Waals surface area contributed by atoms with Gasteiger partial charge in [0.2, 0.25) is 0 Å². The van der Waals surface area contributed by atoms with Crippen molar-refractivity contribution in [3.63, 3.8) is 0 Å². The van der Waals surface area contributed by atoms with Crippen molar-refractivity contribution in [3.8, 4) is 16.9 Å². The largest absolute Gasteiger partial charge is 0.490 e. The summed E-state index contributed by atoms with van der Waals surface area (Å²) in [5.41, 5.74) is 0.284. The van der Waals surface area contributed by atoms with E-state index in [9.17, 15) is 20.3 Å². The molecule has 7 heteroatoms. The highest BCUT2D eigenvalue weighted by Crippen LogP contribution is 2.34. The third kappa shape index (κ3) is 5.28. The standard InChI is InChI=1S/C21H26N2O5/c1-21(25,14-22-11-5-8-18(24)13-22)15-28-20-10-9-17(23(26)27)12-19(20)16-6-3-2-4-7-16/h2-4,6-7,9-10,12,18,24-25H,5,8,11,13-15H2,1H3. The van der Waals surface area contributed by atoms with Crippen LogP contribution in [0, 0.1) is 10.1 Å². The molecule has 2 aromatic rings.